The smallest absolute Gasteiger partial charge is 0.247 e. The molecule has 0 bridgehead atoms. The molecule has 1 aromatic heterocycles. The number of aromatic nitrogens is 2. The Morgan fingerprint density at radius 1 is 1.08 bits per heavy atom. The third-order valence-corrected chi connectivity index (χ3v) is 4.68. The molecule has 2 aromatic carbocycles. The van der Waals surface area contributed by atoms with Crippen LogP contribution in [0.15, 0.2) is 52.9 Å². The van der Waals surface area contributed by atoms with E-state index in [1.54, 1.807) is 7.11 Å². The first-order valence-electron chi connectivity index (χ1n) is 8.97. The third kappa shape index (κ3) is 3.94. The van der Waals surface area contributed by atoms with Crippen LogP contribution in [0, 0.1) is 6.92 Å². The van der Waals surface area contributed by atoms with Crippen LogP contribution in [0.5, 0.6) is 5.75 Å². The molecule has 5 nitrogen and oxygen atoms in total. The molecule has 0 unspecified atom stereocenters. The highest BCUT2D eigenvalue weighted by Gasteiger charge is 2.30. The molecule has 1 aliphatic rings. The summed E-state index contributed by atoms with van der Waals surface area (Å²) in [6, 6.07) is 17.0. The van der Waals surface area contributed by atoms with E-state index in [0.29, 0.717) is 24.4 Å². The number of aryl methyl sites for hydroxylation is 1. The largest absolute Gasteiger partial charge is 0.497 e. The Balaban J connectivity index is 1.47. The fourth-order valence-corrected chi connectivity index (χ4v) is 3.11. The molecule has 26 heavy (non-hydrogen) atoms. The van der Waals surface area contributed by atoms with Crippen LogP contribution < -0.4 is 4.74 Å². The maximum absolute atomic E-state index is 5.92. The highest BCUT2D eigenvalue weighted by molar-refractivity contribution is 5.53. The number of nitrogens with zero attached hydrogens (tertiary/aromatic N) is 3. The molecule has 1 aliphatic carbocycles. The number of methoxy groups -OCH3 is 1. The van der Waals surface area contributed by atoms with Gasteiger partial charge in [0.1, 0.15) is 5.75 Å². The number of hydrogen-bond acceptors (Lipinski definition) is 5. The molecule has 0 saturated heterocycles. The minimum Gasteiger partial charge on any atom is -0.497 e. The highest BCUT2D eigenvalue weighted by atomic mass is 16.5. The summed E-state index contributed by atoms with van der Waals surface area (Å²) in [5.41, 5.74) is 3.41. The molecular formula is C21H23N3O2. The summed E-state index contributed by atoms with van der Waals surface area (Å²) in [5.74, 6) is 2.14. The zero-order chi connectivity index (χ0) is 17.9. The van der Waals surface area contributed by atoms with Crippen molar-refractivity contribution in [3.8, 4) is 17.2 Å². The van der Waals surface area contributed by atoms with Crippen LogP contribution in [0.2, 0.25) is 0 Å². The van der Waals surface area contributed by atoms with Gasteiger partial charge in [-0.1, -0.05) is 29.8 Å². The molecule has 1 saturated carbocycles. The maximum atomic E-state index is 5.92. The zero-order valence-corrected chi connectivity index (χ0v) is 15.2. The van der Waals surface area contributed by atoms with Crippen molar-refractivity contribution in [3.05, 3.63) is 65.5 Å². The summed E-state index contributed by atoms with van der Waals surface area (Å²) in [4.78, 5) is 2.41. The molecule has 0 N–H and O–H groups in total. The van der Waals surface area contributed by atoms with Gasteiger partial charge in [-0.2, -0.15) is 0 Å². The van der Waals surface area contributed by atoms with Gasteiger partial charge in [-0.3, -0.25) is 4.90 Å². The molecule has 1 fully saturated rings. The van der Waals surface area contributed by atoms with E-state index in [0.717, 1.165) is 17.9 Å². The van der Waals surface area contributed by atoms with E-state index in [9.17, 15) is 0 Å². The Kier molecular flexibility index (Phi) is 4.71. The van der Waals surface area contributed by atoms with E-state index in [1.807, 2.05) is 24.3 Å². The molecule has 0 amide bonds. The molecule has 0 atom stereocenters. The second-order valence-corrected chi connectivity index (χ2v) is 6.85. The van der Waals surface area contributed by atoms with Crippen LogP contribution >= 0.6 is 0 Å². The summed E-state index contributed by atoms with van der Waals surface area (Å²) >= 11 is 0. The van der Waals surface area contributed by atoms with Gasteiger partial charge < -0.3 is 9.15 Å². The quantitative estimate of drug-likeness (QED) is 0.639. The minimum atomic E-state index is 0.587. The predicted molar refractivity (Wildman–Crippen MR) is 99.7 cm³/mol. The van der Waals surface area contributed by atoms with Crippen molar-refractivity contribution in [2.45, 2.75) is 38.9 Å². The number of benzene rings is 2. The van der Waals surface area contributed by atoms with Crippen LogP contribution in [0.25, 0.3) is 11.5 Å². The Morgan fingerprint density at radius 2 is 1.88 bits per heavy atom. The van der Waals surface area contributed by atoms with Crippen LogP contribution in [-0.2, 0) is 13.1 Å². The van der Waals surface area contributed by atoms with E-state index < -0.39 is 0 Å². The van der Waals surface area contributed by atoms with Gasteiger partial charge in [-0.05, 0) is 49.6 Å². The number of hydrogen-bond donors (Lipinski definition) is 0. The molecule has 0 spiro atoms. The normalized spacial score (nSPS) is 14.0. The fraction of sp³-hybridized carbons (Fsp3) is 0.333. The lowest BCUT2D eigenvalue weighted by atomic mass is 10.1. The molecule has 5 heteroatoms. The Labute approximate surface area is 153 Å². The van der Waals surface area contributed by atoms with Crippen molar-refractivity contribution in [1.29, 1.82) is 0 Å². The van der Waals surface area contributed by atoms with Crippen molar-refractivity contribution in [2.75, 3.05) is 7.11 Å². The summed E-state index contributed by atoms with van der Waals surface area (Å²) in [5, 5.41) is 8.49. The lowest BCUT2D eigenvalue weighted by Gasteiger charge is -2.20. The van der Waals surface area contributed by atoms with Crippen LogP contribution in [0.4, 0.5) is 0 Å². The SMILES string of the molecule is COc1ccc(CN(Cc2nnc(-c3cccc(C)c3)o2)C2CC2)cc1. The molecular weight excluding hydrogens is 326 g/mol. The molecule has 0 aliphatic heterocycles. The summed E-state index contributed by atoms with van der Waals surface area (Å²) < 4.78 is 11.2. The van der Waals surface area contributed by atoms with Crippen molar-refractivity contribution < 1.29 is 9.15 Å². The second kappa shape index (κ2) is 7.30. The van der Waals surface area contributed by atoms with Crippen molar-refractivity contribution in [2.24, 2.45) is 0 Å². The molecule has 1 heterocycles. The van der Waals surface area contributed by atoms with Crippen LogP contribution in [-0.4, -0.2) is 28.2 Å². The predicted octanol–water partition coefficient (Wildman–Crippen LogP) is 4.22. The number of rotatable bonds is 7. The molecule has 3 aromatic rings. The van der Waals surface area contributed by atoms with Gasteiger partial charge >= 0.3 is 0 Å². The summed E-state index contributed by atoms with van der Waals surface area (Å²) in [6.07, 6.45) is 2.46. The van der Waals surface area contributed by atoms with Crippen molar-refractivity contribution >= 4 is 0 Å². The Morgan fingerprint density at radius 3 is 2.58 bits per heavy atom. The van der Waals surface area contributed by atoms with Gasteiger partial charge in [-0.25, -0.2) is 0 Å². The van der Waals surface area contributed by atoms with Gasteiger partial charge in [0, 0.05) is 18.2 Å². The monoisotopic (exact) mass is 349 g/mol. The maximum Gasteiger partial charge on any atom is 0.247 e. The molecule has 134 valence electrons. The Hall–Kier alpha value is -2.66. The highest BCUT2D eigenvalue weighted by Crippen LogP contribution is 2.30. The topological polar surface area (TPSA) is 51.4 Å². The van der Waals surface area contributed by atoms with E-state index in [1.165, 1.54) is 24.0 Å². The third-order valence-electron chi connectivity index (χ3n) is 4.68. The van der Waals surface area contributed by atoms with Crippen LogP contribution in [0.3, 0.4) is 0 Å². The molecule has 4 rings (SSSR count). The van der Waals surface area contributed by atoms with Crippen molar-refractivity contribution in [3.63, 3.8) is 0 Å². The summed E-state index contributed by atoms with van der Waals surface area (Å²) in [6.45, 7) is 3.61. The number of ether oxygens (including phenoxy) is 1. The van der Waals surface area contributed by atoms with E-state index >= 15 is 0 Å². The second-order valence-electron chi connectivity index (χ2n) is 6.85. The van der Waals surface area contributed by atoms with E-state index in [-0.39, 0.29) is 0 Å². The minimum absolute atomic E-state index is 0.587. The van der Waals surface area contributed by atoms with Gasteiger partial charge in [0.15, 0.2) is 0 Å². The lowest BCUT2D eigenvalue weighted by Crippen LogP contribution is -2.25. The average Bonchev–Trinajstić information content (AvgIpc) is 3.41. The van der Waals surface area contributed by atoms with E-state index in [2.05, 4.69) is 46.3 Å². The average molecular weight is 349 g/mol. The lowest BCUT2D eigenvalue weighted by molar-refractivity contribution is 0.221. The Bertz CT molecular complexity index is 869. The zero-order valence-electron chi connectivity index (χ0n) is 15.2. The van der Waals surface area contributed by atoms with Gasteiger partial charge in [-0.15, -0.1) is 10.2 Å². The van der Waals surface area contributed by atoms with Gasteiger partial charge in [0.05, 0.1) is 13.7 Å². The molecule has 0 radical (unpaired) electrons. The summed E-state index contributed by atoms with van der Waals surface area (Å²) in [7, 11) is 1.69. The fourth-order valence-electron chi connectivity index (χ4n) is 3.11. The van der Waals surface area contributed by atoms with Crippen molar-refractivity contribution in [1.82, 2.24) is 15.1 Å². The van der Waals surface area contributed by atoms with Gasteiger partial charge in [0.2, 0.25) is 11.8 Å². The first-order chi connectivity index (χ1) is 12.7. The van der Waals surface area contributed by atoms with Gasteiger partial charge in [0.25, 0.3) is 0 Å². The van der Waals surface area contributed by atoms with Crippen LogP contribution in [0.1, 0.15) is 29.9 Å². The first kappa shape index (κ1) is 16.8. The standard InChI is InChI=1S/C21H23N3O2/c1-15-4-3-5-17(12-15)21-23-22-20(26-21)14-24(18-8-9-18)13-16-6-10-19(25-2)11-7-16/h3-7,10-12,18H,8-9,13-14H2,1-2H3. The first-order valence-corrected chi connectivity index (χ1v) is 8.97. The van der Waals surface area contributed by atoms with E-state index in [4.69, 9.17) is 9.15 Å².